The number of hydrogen-bond donors (Lipinski definition) is 1. The van der Waals surface area contributed by atoms with Crippen LogP contribution in [0.2, 0.25) is 5.02 Å². The van der Waals surface area contributed by atoms with Gasteiger partial charge in [-0.3, -0.25) is 4.40 Å². The summed E-state index contributed by atoms with van der Waals surface area (Å²) in [6.07, 6.45) is 1.05. The highest BCUT2D eigenvalue weighted by atomic mass is 35.5. The number of hydrogen-bond acceptors (Lipinski definition) is 5. The minimum absolute atomic E-state index is 0.125. The first kappa shape index (κ1) is 18.8. The Bertz CT molecular complexity index is 1630. The first-order valence-electron chi connectivity index (χ1n) is 12.6. The van der Waals surface area contributed by atoms with Gasteiger partial charge in [0, 0.05) is 30.3 Å². The third kappa shape index (κ3) is 3.25. The molecule has 2 aromatic heterocycles. The maximum atomic E-state index is 14.0. The van der Waals surface area contributed by atoms with E-state index in [1.807, 2.05) is 6.07 Å². The van der Waals surface area contributed by atoms with Gasteiger partial charge in [-0.1, -0.05) is 29.8 Å². The number of methoxy groups -OCH3 is 1. The van der Waals surface area contributed by atoms with Crippen LogP contribution in [0.3, 0.4) is 0 Å². The molecule has 2 unspecified atom stereocenters. The smallest absolute Gasteiger partial charge is 0.156 e. The van der Waals surface area contributed by atoms with Gasteiger partial charge in [0.05, 0.1) is 39.1 Å². The number of halogens is 2. The lowest BCUT2D eigenvalue weighted by molar-refractivity contribution is 0.172. The predicted molar refractivity (Wildman–Crippen MR) is 127 cm³/mol. The molecule has 1 spiro atoms. The molecule has 1 saturated carbocycles. The van der Waals surface area contributed by atoms with Crippen LogP contribution in [0, 0.1) is 23.1 Å². The predicted octanol–water partition coefficient (Wildman–Crippen LogP) is 5.08. The van der Waals surface area contributed by atoms with Crippen LogP contribution in [0.25, 0.3) is 5.65 Å². The van der Waals surface area contributed by atoms with Gasteiger partial charge < -0.3 is 14.6 Å². The van der Waals surface area contributed by atoms with Gasteiger partial charge in [-0.25, -0.2) is 9.37 Å². The lowest BCUT2D eigenvalue weighted by Crippen LogP contribution is -2.14. The monoisotopic (exact) mass is 492 g/mol. The quantitative estimate of drug-likeness (QED) is 0.430. The Morgan fingerprint density at radius 2 is 2.23 bits per heavy atom. The topological polar surface area (TPSA) is 79.8 Å². The average molecular weight is 493 g/mol. The highest BCUT2D eigenvalue weighted by Gasteiger charge is 2.60. The number of benzene rings is 2. The number of aliphatic hydroxyl groups excluding tert-OH is 1. The maximum Gasteiger partial charge on any atom is 0.156 e. The molecule has 0 radical (unpaired) electrons. The number of fused-ring (bicyclic) bond motifs is 5. The Labute approximate surface area is 210 Å². The van der Waals surface area contributed by atoms with Crippen LogP contribution in [0.4, 0.5) is 4.39 Å². The molecule has 3 heterocycles. The normalized spacial score (nSPS) is 22.7. The molecule has 1 N–H and O–H groups in total. The Hall–Kier alpha value is -3.44. The van der Waals surface area contributed by atoms with Gasteiger partial charge in [0.2, 0.25) is 0 Å². The van der Waals surface area contributed by atoms with E-state index in [-0.39, 0.29) is 24.8 Å². The third-order valence-corrected chi connectivity index (χ3v) is 7.33. The van der Waals surface area contributed by atoms with E-state index in [0.29, 0.717) is 34.1 Å². The van der Waals surface area contributed by atoms with Crippen LogP contribution in [0.1, 0.15) is 50.3 Å². The fourth-order valence-electron chi connectivity index (χ4n) is 5.36. The largest absolute Gasteiger partial charge is 0.488 e. The van der Waals surface area contributed by atoms with Crippen molar-refractivity contribution in [2.24, 2.45) is 5.92 Å². The summed E-state index contributed by atoms with van der Waals surface area (Å²) in [4.78, 5) is 4.45. The molecule has 0 bridgehead atoms. The highest BCUT2D eigenvalue weighted by Crippen LogP contribution is 2.62. The second-order valence-electron chi connectivity index (χ2n) is 8.89. The van der Waals surface area contributed by atoms with E-state index in [0.717, 1.165) is 16.7 Å². The second kappa shape index (κ2) is 8.06. The van der Waals surface area contributed by atoms with Gasteiger partial charge in [0.15, 0.2) is 5.65 Å². The number of nitriles is 1. The van der Waals surface area contributed by atoms with Gasteiger partial charge in [-0.2, -0.15) is 5.26 Å². The zero-order chi connectivity index (χ0) is 26.8. The number of rotatable bonds is 4. The van der Waals surface area contributed by atoms with Crippen LogP contribution in [-0.2, 0) is 23.4 Å². The minimum Gasteiger partial charge on any atom is -0.488 e. The van der Waals surface area contributed by atoms with Crippen LogP contribution >= 0.6 is 11.6 Å². The summed E-state index contributed by atoms with van der Waals surface area (Å²) in [5.41, 5.74) is 3.26. The van der Waals surface area contributed by atoms with Gasteiger partial charge in [-0.05, 0) is 47.4 Å². The van der Waals surface area contributed by atoms with Gasteiger partial charge in [0.25, 0.3) is 0 Å². The first-order valence-corrected chi connectivity index (χ1v) is 11.4. The number of ether oxygens (including phenoxy) is 2. The number of imidazole rings is 1. The van der Waals surface area contributed by atoms with E-state index in [2.05, 4.69) is 11.1 Å². The molecule has 176 valence electrons. The first-order chi connectivity index (χ1) is 18.1. The molecule has 1 aliphatic heterocycles. The zero-order valence-electron chi connectivity index (χ0n) is 21.3. The minimum atomic E-state index is -2.65. The summed E-state index contributed by atoms with van der Waals surface area (Å²) in [6.45, 7) is -0.233. The summed E-state index contributed by atoms with van der Waals surface area (Å²) < 4.78 is 48.8. The second-order valence-corrected chi connectivity index (χ2v) is 9.29. The number of nitrogens with zero attached hydrogens (tertiary/aromatic N) is 3. The van der Waals surface area contributed by atoms with Crippen molar-refractivity contribution in [1.82, 2.24) is 9.38 Å². The van der Waals surface area contributed by atoms with Crippen molar-refractivity contribution in [1.29, 1.82) is 5.26 Å². The molecular formula is C27H21ClFN3O3. The van der Waals surface area contributed by atoms with Gasteiger partial charge in [0.1, 0.15) is 24.3 Å². The fraction of sp³-hybridized carbons (Fsp3) is 0.259. The Balaban J connectivity index is 1.44. The summed E-state index contributed by atoms with van der Waals surface area (Å²) in [5, 5.41) is 21.7. The molecule has 6 rings (SSSR count). The van der Waals surface area contributed by atoms with Crippen molar-refractivity contribution in [2.45, 2.75) is 31.2 Å². The summed E-state index contributed by atoms with van der Waals surface area (Å²) in [5.74, 6) is -0.303. The van der Waals surface area contributed by atoms with Crippen LogP contribution in [0.15, 0.2) is 54.7 Å². The van der Waals surface area contributed by atoms with Crippen molar-refractivity contribution in [3.63, 3.8) is 0 Å². The lowest BCUT2D eigenvalue weighted by Gasteiger charge is -2.20. The van der Waals surface area contributed by atoms with Crippen molar-refractivity contribution in [3.05, 3.63) is 99.2 Å². The Morgan fingerprint density at radius 1 is 1.37 bits per heavy atom. The summed E-state index contributed by atoms with van der Waals surface area (Å²) >= 11 is 6.33. The molecule has 0 saturated heterocycles. The zero-order valence-corrected chi connectivity index (χ0v) is 19.1. The van der Waals surface area contributed by atoms with E-state index >= 15 is 0 Å². The van der Waals surface area contributed by atoms with E-state index in [1.54, 1.807) is 40.9 Å². The van der Waals surface area contributed by atoms with Gasteiger partial charge in [-0.15, -0.1) is 0 Å². The Morgan fingerprint density at radius 3 is 3.03 bits per heavy atom. The SMILES string of the molecule is [2H]C([2H])([2H])OCc1nc2c(Cl)cccn2c1C(O)c1ccc2c(c1)COc1cc(F)ccc1[C@@]21CC1C#N. The van der Waals surface area contributed by atoms with Crippen molar-refractivity contribution in [2.75, 3.05) is 7.04 Å². The van der Waals surface area contributed by atoms with Crippen LogP contribution < -0.4 is 4.74 Å². The third-order valence-electron chi connectivity index (χ3n) is 7.03. The lowest BCUT2D eigenvalue weighted by atomic mass is 9.82. The van der Waals surface area contributed by atoms with Crippen molar-refractivity contribution >= 4 is 17.2 Å². The molecule has 4 aromatic rings. The van der Waals surface area contributed by atoms with Crippen molar-refractivity contribution in [3.8, 4) is 11.8 Å². The van der Waals surface area contributed by atoms with Crippen LogP contribution in [0.5, 0.6) is 5.75 Å². The number of pyridine rings is 1. The number of aromatic nitrogens is 2. The van der Waals surface area contributed by atoms with Crippen molar-refractivity contribution < 1.29 is 23.1 Å². The maximum absolute atomic E-state index is 14.0. The molecule has 1 aliphatic carbocycles. The highest BCUT2D eigenvalue weighted by molar-refractivity contribution is 6.33. The molecule has 2 aromatic carbocycles. The molecule has 2 aliphatic rings. The van der Waals surface area contributed by atoms with E-state index in [9.17, 15) is 14.8 Å². The van der Waals surface area contributed by atoms with E-state index < -0.39 is 24.4 Å². The molecule has 35 heavy (non-hydrogen) atoms. The standard InChI is InChI=1S/C27H21ClFN3O3/c1-34-14-22-24(32-8-2-3-21(28)26(32)31-22)25(33)15-4-6-19-16(9-15)13-35-23-10-18(29)5-7-20(23)27(19)11-17(27)12-30/h2-10,17,25,33H,11,13-14H2,1H3/t17?,25?,27-/m1/s1/i1D3. The molecular weight excluding hydrogens is 469 g/mol. The van der Waals surface area contributed by atoms with Gasteiger partial charge >= 0.3 is 0 Å². The van der Waals surface area contributed by atoms with Crippen LogP contribution in [-0.4, -0.2) is 21.5 Å². The molecule has 0 amide bonds. The fourth-order valence-corrected chi connectivity index (χ4v) is 5.56. The van der Waals surface area contributed by atoms with E-state index in [4.69, 9.17) is 25.2 Å². The summed E-state index contributed by atoms with van der Waals surface area (Å²) in [6, 6.07) is 15.5. The average Bonchev–Trinajstić information content (AvgIpc) is 3.52. The van der Waals surface area contributed by atoms with E-state index in [1.165, 1.54) is 12.1 Å². The molecule has 6 nitrogen and oxygen atoms in total. The number of aliphatic hydroxyl groups is 1. The summed E-state index contributed by atoms with van der Waals surface area (Å²) in [7, 11) is -2.65. The Kier molecular flexibility index (Phi) is 4.34. The molecule has 3 atom stereocenters. The molecule has 8 heteroatoms. The molecule has 1 fully saturated rings.